The zero-order chi connectivity index (χ0) is 16.8. The van der Waals surface area contributed by atoms with Crippen molar-refractivity contribution in [2.24, 2.45) is 11.3 Å². The molecule has 1 spiro atoms. The zero-order valence-corrected chi connectivity index (χ0v) is 15.2. The minimum atomic E-state index is 0.105. The maximum Gasteiger partial charge on any atom is 0.225 e. The summed E-state index contributed by atoms with van der Waals surface area (Å²) >= 11 is 0. The first-order valence-corrected chi connectivity index (χ1v) is 8.89. The molecule has 0 radical (unpaired) electrons. The van der Waals surface area contributed by atoms with Crippen molar-refractivity contribution >= 4 is 11.8 Å². The molecule has 0 aromatic rings. The number of hydrogen-bond donors (Lipinski definition) is 0. The number of carbonyl (C=O) groups is 2. The Morgan fingerprint density at radius 1 is 0.909 bits per heavy atom. The quantitative estimate of drug-likeness (QED) is 0.745. The standard InChI is InChI=1S/C15H26N2O2.C3H8/c1-12(2)14(19)17-10-6-15(7-11-17)4-8-16(9-5-15)13(3)18;1-3-2/h12H,4-11H2,1-3H3;3H2,1-2H3. The summed E-state index contributed by atoms with van der Waals surface area (Å²) in [6, 6.07) is 0. The monoisotopic (exact) mass is 310 g/mol. The smallest absolute Gasteiger partial charge is 0.225 e. The SMILES string of the molecule is CC(=O)N1CCC2(CC1)CCN(C(=O)C(C)C)CC2.CCC. The summed E-state index contributed by atoms with van der Waals surface area (Å²) in [5, 5.41) is 0. The van der Waals surface area contributed by atoms with Crippen LogP contribution in [0.25, 0.3) is 0 Å². The number of rotatable bonds is 1. The number of amides is 2. The molecule has 0 atom stereocenters. The van der Waals surface area contributed by atoms with E-state index in [4.69, 9.17) is 0 Å². The van der Waals surface area contributed by atoms with Crippen molar-refractivity contribution in [3.63, 3.8) is 0 Å². The van der Waals surface area contributed by atoms with E-state index in [1.54, 1.807) is 6.92 Å². The van der Waals surface area contributed by atoms with Crippen LogP contribution < -0.4 is 0 Å². The van der Waals surface area contributed by atoms with Gasteiger partial charge in [0.25, 0.3) is 0 Å². The molecule has 22 heavy (non-hydrogen) atoms. The minimum absolute atomic E-state index is 0.105. The third-order valence-corrected chi connectivity index (χ3v) is 4.90. The summed E-state index contributed by atoms with van der Waals surface area (Å²) < 4.78 is 0. The van der Waals surface area contributed by atoms with Crippen molar-refractivity contribution in [3.05, 3.63) is 0 Å². The Hall–Kier alpha value is -1.06. The molecule has 0 N–H and O–H groups in total. The Labute approximate surface area is 136 Å². The van der Waals surface area contributed by atoms with Crippen LogP contribution in [0.15, 0.2) is 0 Å². The van der Waals surface area contributed by atoms with Gasteiger partial charge in [-0.25, -0.2) is 0 Å². The lowest BCUT2D eigenvalue weighted by atomic mass is 9.71. The summed E-state index contributed by atoms with van der Waals surface area (Å²) in [7, 11) is 0. The maximum absolute atomic E-state index is 12.0. The fourth-order valence-corrected chi connectivity index (χ4v) is 3.36. The fourth-order valence-electron chi connectivity index (χ4n) is 3.36. The second-order valence-electron chi connectivity index (χ2n) is 7.19. The Bertz CT molecular complexity index is 361. The topological polar surface area (TPSA) is 40.6 Å². The Morgan fingerprint density at radius 2 is 1.27 bits per heavy atom. The first-order valence-electron chi connectivity index (χ1n) is 8.89. The number of likely N-dealkylation sites (tertiary alicyclic amines) is 2. The van der Waals surface area contributed by atoms with Gasteiger partial charge in [-0.05, 0) is 31.1 Å². The van der Waals surface area contributed by atoms with E-state index in [1.165, 1.54) is 6.42 Å². The van der Waals surface area contributed by atoms with Crippen LogP contribution in [0.4, 0.5) is 0 Å². The lowest BCUT2D eigenvalue weighted by Gasteiger charge is -2.47. The largest absolute Gasteiger partial charge is 0.343 e. The molecule has 128 valence electrons. The fraction of sp³-hybridized carbons (Fsp3) is 0.889. The van der Waals surface area contributed by atoms with Crippen LogP contribution in [0.2, 0.25) is 0 Å². The normalized spacial score (nSPS) is 20.6. The van der Waals surface area contributed by atoms with Crippen LogP contribution in [0.1, 0.15) is 66.7 Å². The van der Waals surface area contributed by atoms with Crippen molar-refractivity contribution < 1.29 is 9.59 Å². The van der Waals surface area contributed by atoms with Gasteiger partial charge >= 0.3 is 0 Å². The van der Waals surface area contributed by atoms with Gasteiger partial charge in [0.2, 0.25) is 11.8 Å². The van der Waals surface area contributed by atoms with E-state index >= 15 is 0 Å². The second-order valence-corrected chi connectivity index (χ2v) is 7.19. The van der Waals surface area contributed by atoms with Gasteiger partial charge in [-0.2, -0.15) is 0 Å². The highest BCUT2D eigenvalue weighted by Gasteiger charge is 2.39. The maximum atomic E-state index is 12.0. The van der Waals surface area contributed by atoms with Crippen molar-refractivity contribution in [1.29, 1.82) is 0 Å². The van der Waals surface area contributed by atoms with Crippen LogP contribution in [-0.2, 0) is 9.59 Å². The molecule has 0 unspecified atom stereocenters. The number of piperidine rings is 2. The van der Waals surface area contributed by atoms with E-state index in [-0.39, 0.29) is 17.7 Å². The lowest BCUT2D eigenvalue weighted by Crippen LogP contribution is -2.49. The molecule has 4 heteroatoms. The molecule has 2 aliphatic heterocycles. The van der Waals surface area contributed by atoms with Gasteiger partial charge in [0.15, 0.2) is 0 Å². The second kappa shape index (κ2) is 8.54. The predicted octanol–water partition coefficient (Wildman–Crippen LogP) is 3.31. The molecule has 2 rings (SSSR count). The average molecular weight is 310 g/mol. The van der Waals surface area contributed by atoms with Gasteiger partial charge in [0, 0.05) is 39.0 Å². The summed E-state index contributed by atoms with van der Waals surface area (Å²) in [5.41, 5.74) is 0.389. The first-order chi connectivity index (χ1) is 10.3. The van der Waals surface area contributed by atoms with Crippen LogP contribution in [0, 0.1) is 11.3 Å². The van der Waals surface area contributed by atoms with E-state index in [9.17, 15) is 9.59 Å². The summed E-state index contributed by atoms with van der Waals surface area (Å²) in [4.78, 5) is 27.3. The first kappa shape index (κ1) is 19.0. The predicted molar refractivity (Wildman–Crippen MR) is 90.5 cm³/mol. The molecule has 0 aliphatic carbocycles. The van der Waals surface area contributed by atoms with E-state index in [0.29, 0.717) is 5.41 Å². The molecule has 0 aromatic carbocycles. The zero-order valence-electron chi connectivity index (χ0n) is 15.2. The lowest BCUT2D eigenvalue weighted by molar-refractivity contribution is -0.138. The molecule has 2 fully saturated rings. The third kappa shape index (κ3) is 4.99. The number of carbonyl (C=O) groups excluding carboxylic acids is 2. The van der Waals surface area contributed by atoms with Crippen LogP contribution in [0.5, 0.6) is 0 Å². The minimum Gasteiger partial charge on any atom is -0.343 e. The number of nitrogens with zero attached hydrogens (tertiary/aromatic N) is 2. The van der Waals surface area contributed by atoms with Crippen LogP contribution in [0.3, 0.4) is 0 Å². The molecule has 0 bridgehead atoms. The van der Waals surface area contributed by atoms with Crippen molar-refractivity contribution in [2.75, 3.05) is 26.2 Å². The summed E-state index contributed by atoms with van der Waals surface area (Å²) in [6.07, 6.45) is 5.68. The van der Waals surface area contributed by atoms with E-state index < -0.39 is 0 Å². The molecular weight excluding hydrogens is 276 g/mol. The Balaban J connectivity index is 0.000000745. The van der Waals surface area contributed by atoms with Gasteiger partial charge in [0.1, 0.15) is 0 Å². The Kier molecular flexibility index (Phi) is 7.37. The average Bonchev–Trinajstić information content (AvgIpc) is 2.48. The Morgan fingerprint density at radius 3 is 1.59 bits per heavy atom. The van der Waals surface area contributed by atoms with Crippen LogP contribution >= 0.6 is 0 Å². The van der Waals surface area contributed by atoms with Gasteiger partial charge in [-0.1, -0.05) is 34.1 Å². The molecule has 2 amide bonds. The highest BCUT2D eigenvalue weighted by Crippen LogP contribution is 2.41. The highest BCUT2D eigenvalue weighted by atomic mass is 16.2. The molecule has 0 aromatic heterocycles. The van der Waals surface area contributed by atoms with E-state index in [1.807, 2.05) is 23.6 Å². The molecule has 4 nitrogen and oxygen atoms in total. The molecule has 2 aliphatic rings. The molecular formula is C18H34N2O2. The highest BCUT2D eigenvalue weighted by molar-refractivity contribution is 5.78. The molecule has 2 saturated heterocycles. The number of hydrogen-bond acceptors (Lipinski definition) is 2. The van der Waals surface area contributed by atoms with Gasteiger partial charge in [-0.3, -0.25) is 9.59 Å². The van der Waals surface area contributed by atoms with Crippen LogP contribution in [-0.4, -0.2) is 47.8 Å². The molecule has 0 saturated carbocycles. The van der Waals surface area contributed by atoms with Crippen molar-refractivity contribution in [2.45, 2.75) is 66.7 Å². The van der Waals surface area contributed by atoms with E-state index in [0.717, 1.165) is 51.9 Å². The molecule has 2 heterocycles. The van der Waals surface area contributed by atoms with Gasteiger partial charge in [-0.15, -0.1) is 0 Å². The third-order valence-electron chi connectivity index (χ3n) is 4.90. The van der Waals surface area contributed by atoms with Crippen molar-refractivity contribution in [1.82, 2.24) is 9.80 Å². The van der Waals surface area contributed by atoms with Crippen molar-refractivity contribution in [3.8, 4) is 0 Å². The summed E-state index contributed by atoms with van der Waals surface area (Å²) in [5.74, 6) is 0.590. The van der Waals surface area contributed by atoms with Gasteiger partial charge < -0.3 is 9.80 Å². The van der Waals surface area contributed by atoms with Gasteiger partial charge in [0.05, 0.1) is 0 Å². The van der Waals surface area contributed by atoms with E-state index in [2.05, 4.69) is 13.8 Å². The summed E-state index contributed by atoms with van der Waals surface area (Å²) in [6.45, 7) is 13.4.